The summed E-state index contributed by atoms with van der Waals surface area (Å²) >= 11 is 0. The largest absolute Gasteiger partial charge is 0.395 e. The zero-order valence-electron chi connectivity index (χ0n) is 15.2. The molecule has 0 heterocycles. The Labute approximate surface area is 139 Å². The molecule has 0 fully saturated rings. The summed E-state index contributed by atoms with van der Waals surface area (Å²) in [6.07, 6.45) is 16.1. The van der Waals surface area contributed by atoms with Gasteiger partial charge in [-0.05, 0) is 45.2 Å². The predicted octanol–water partition coefficient (Wildman–Crippen LogP) is 5.99. The summed E-state index contributed by atoms with van der Waals surface area (Å²) in [5.74, 6) is 0.680. The van der Waals surface area contributed by atoms with E-state index in [-0.39, 0.29) is 0 Å². The molecule has 2 nitrogen and oxygen atoms in total. The number of hydrogen-bond acceptors (Lipinski definition) is 2. The van der Waals surface area contributed by atoms with E-state index in [1.165, 1.54) is 44.9 Å². The van der Waals surface area contributed by atoms with E-state index < -0.39 is 8.56 Å². The van der Waals surface area contributed by atoms with Gasteiger partial charge in [-0.3, -0.25) is 0 Å². The lowest BCUT2D eigenvalue weighted by molar-refractivity contribution is 0.188. The first kappa shape index (κ1) is 19.7. The van der Waals surface area contributed by atoms with Gasteiger partial charge in [-0.1, -0.05) is 62.8 Å². The molecule has 1 aliphatic rings. The van der Waals surface area contributed by atoms with Gasteiger partial charge in [-0.2, -0.15) is 0 Å². The smallest absolute Gasteiger partial charge is 0.334 e. The minimum absolute atomic E-state index is 0.680. The summed E-state index contributed by atoms with van der Waals surface area (Å²) in [5, 5.41) is 0. The molecule has 0 aromatic rings. The molecule has 0 saturated heterocycles. The summed E-state index contributed by atoms with van der Waals surface area (Å²) in [6.45, 7) is 10.2. The molecule has 3 heteroatoms. The molecule has 0 radical (unpaired) electrons. The summed E-state index contributed by atoms with van der Waals surface area (Å²) in [4.78, 5) is 0. The highest BCUT2D eigenvalue weighted by Crippen LogP contribution is 2.24. The second-order valence-corrected chi connectivity index (χ2v) is 9.88. The average molecular weight is 325 g/mol. The maximum atomic E-state index is 5.89. The highest BCUT2D eigenvalue weighted by Gasteiger charge is 2.29. The zero-order valence-corrected chi connectivity index (χ0v) is 16.2. The molecular formula is C19H36O2Si. The van der Waals surface area contributed by atoms with Crippen LogP contribution in [0.5, 0.6) is 0 Å². The third-order valence-corrected chi connectivity index (χ3v) is 7.60. The number of allylic oxidation sites excluding steroid dienone is 4. The highest BCUT2D eigenvalue weighted by molar-refractivity contribution is 6.66. The molecule has 0 aliphatic heterocycles. The Bertz CT molecular complexity index is 343. The molecule has 1 atom stereocenters. The van der Waals surface area contributed by atoms with E-state index in [9.17, 15) is 0 Å². The van der Waals surface area contributed by atoms with Crippen LogP contribution in [0.1, 0.15) is 65.7 Å². The summed E-state index contributed by atoms with van der Waals surface area (Å²) in [7, 11) is -1.86. The molecule has 0 N–H and O–H groups in total. The molecule has 1 unspecified atom stereocenters. The lowest BCUT2D eigenvalue weighted by Gasteiger charge is -2.25. The molecule has 0 saturated carbocycles. The van der Waals surface area contributed by atoms with Gasteiger partial charge in [0.15, 0.2) is 0 Å². The van der Waals surface area contributed by atoms with Crippen LogP contribution in [0.4, 0.5) is 0 Å². The Morgan fingerprint density at radius 3 is 2.09 bits per heavy atom. The first-order valence-corrected chi connectivity index (χ1v) is 11.8. The van der Waals surface area contributed by atoms with Crippen LogP contribution in [-0.4, -0.2) is 21.8 Å². The summed E-state index contributed by atoms with van der Waals surface area (Å²) in [5.41, 5.74) is 1.62. The molecule has 0 bridgehead atoms. The number of unbranched alkanes of at least 4 members (excludes halogenated alkanes) is 5. The molecule has 0 spiro atoms. The van der Waals surface area contributed by atoms with E-state index in [0.29, 0.717) is 5.92 Å². The Morgan fingerprint density at radius 2 is 1.55 bits per heavy atom. The Kier molecular flexibility index (Phi) is 10.0. The van der Waals surface area contributed by atoms with Crippen LogP contribution in [-0.2, 0) is 8.85 Å². The van der Waals surface area contributed by atoms with Crippen molar-refractivity contribution in [1.29, 1.82) is 0 Å². The van der Waals surface area contributed by atoms with Crippen molar-refractivity contribution in [2.75, 3.05) is 13.2 Å². The fourth-order valence-electron chi connectivity index (χ4n) is 3.21. The minimum Gasteiger partial charge on any atom is -0.395 e. The van der Waals surface area contributed by atoms with Gasteiger partial charge in [-0.25, -0.2) is 0 Å². The van der Waals surface area contributed by atoms with Gasteiger partial charge >= 0.3 is 8.56 Å². The van der Waals surface area contributed by atoms with Gasteiger partial charge in [0.05, 0.1) is 0 Å². The van der Waals surface area contributed by atoms with E-state index >= 15 is 0 Å². The van der Waals surface area contributed by atoms with Gasteiger partial charge in [0.2, 0.25) is 0 Å². The van der Waals surface area contributed by atoms with Crippen molar-refractivity contribution in [3.05, 3.63) is 23.8 Å². The van der Waals surface area contributed by atoms with Crippen molar-refractivity contribution >= 4 is 8.56 Å². The van der Waals surface area contributed by atoms with Gasteiger partial charge in [0.1, 0.15) is 0 Å². The van der Waals surface area contributed by atoms with Gasteiger partial charge < -0.3 is 8.85 Å². The third-order valence-electron chi connectivity index (χ3n) is 4.54. The maximum Gasteiger partial charge on any atom is 0.334 e. The fourth-order valence-corrected chi connectivity index (χ4v) is 5.70. The van der Waals surface area contributed by atoms with Crippen molar-refractivity contribution in [3.8, 4) is 0 Å². The zero-order chi connectivity index (χ0) is 16.3. The van der Waals surface area contributed by atoms with Gasteiger partial charge in [-0.15, -0.1) is 0 Å². The molecule has 1 rings (SSSR count). The third kappa shape index (κ3) is 7.75. The van der Waals surface area contributed by atoms with Crippen molar-refractivity contribution in [3.63, 3.8) is 0 Å². The molecule has 0 aromatic carbocycles. The Balaban J connectivity index is 1.98. The Morgan fingerprint density at radius 1 is 0.955 bits per heavy atom. The van der Waals surface area contributed by atoms with Gasteiger partial charge in [0, 0.05) is 13.2 Å². The van der Waals surface area contributed by atoms with Crippen molar-refractivity contribution in [1.82, 2.24) is 0 Å². The second kappa shape index (κ2) is 11.2. The molecule has 128 valence electrons. The SMILES string of the molecule is CCO[Si](C)(CCCCCCCCC1=CC=CC1C)OCC. The van der Waals surface area contributed by atoms with E-state index in [0.717, 1.165) is 19.3 Å². The van der Waals surface area contributed by atoms with E-state index in [1.807, 2.05) is 0 Å². The second-order valence-electron chi connectivity index (χ2n) is 6.54. The van der Waals surface area contributed by atoms with E-state index in [2.05, 4.69) is 45.5 Å². The quantitative estimate of drug-likeness (QED) is 0.306. The van der Waals surface area contributed by atoms with Crippen molar-refractivity contribution in [2.45, 2.75) is 78.3 Å². The first-order chi connectivity index (χ1) is 10.6. The summed E-state index contributed by atoms with van der Waals surface area (Å²) in [6, 6.07) is 1.14. The van der Waals surface area contributed by atoms with Crippen LogP contribution in [0.3, 0.4) is 0 Å². The van der Waals surface area contributed by atoms with Crippen LogP contribution in [0.25, 0.3) is 0 Å². The average Bonchev–Trinajstić information content (AvgIpc) is 2.88. The van der Waals surface area contributed by atoms with Crippen LogP contribution in [0, 0.1) is 5.92 Å². The lowest BCUT2D eigenvalue weighted by Crippen LogP contribution is -2.38. The Hall–Kier alpha value is -0.383. The molecule has 22 heavy (non-hydrogen) atoms. The van der Waals surface area contributed by atoms with Crippen LogP contribution in [0.15, 0.2) is 23.8 Å². The lowest BCUT2D eigenvalue weighted by atomic mass is 9.98. The summed E-state index contributed by atoms with van der Waals surface area (Å²) < 4.78 is 11.8. The van der Waals surface area contributed by atoms with Crippen molar-refractivity contribution < 1.29 is 8.85 Å². The molecule has 0 amide bonds. The standard InChI is InChI=1S/C19H36O2Si/c1-5-20-22(4,21-6-2)17-12-10-8-7-9-11-15-19-16-13-14-18(19)3/h13-14,16,18H,5-12,15,17H2,1-4H3. The van der Waals surface area contributed by atoms with Gasteiger partial charge in [0.25, 0.3) is 0 Å². The first-order valence-electron chi connectivity index (χ1n) is 9.26. The molecule has 1 aliphatic carbocycles. The monoisotopic (exact) mass is 324 g/mol. The topological polar surface area (TPSA) is 18.5 Å². The van der Waals surface area contributed by atoms with Crippen molar-refractivity contribution in [2.24, 2.45) is 5.92 Å². The molecular weight excluding hydrogens is 288 g/mol. The number of hydrogen-bond donors (Lipinski definition) is 0. The molecule has 0 aromatic heterocycles. The highest BCUT2D eigenvalue weighted by atomic mass is 28.4. The van der Waals surface area contributed by atoms with E-state index in [1.54, 1.807) is 5.57 Å². The minimum atomic E-state index is -1.86. The maximum absolute atomic E-state index is 5.89. The number of rotatable bonds is 13. The fraction of sp³-hybridized carbons (Fsp3) is 0.789. The predicted molar refractivity (Wildman–Crippen MR) is 98.4 cm³/mol. The van der Waals surface area contributed by atoms with Crippen LogP contribution in [0.2, 0.25) is 12.6 Å². The normalized spacial score (nSPS) is 18.0. The van der Waals surface area contributed by atoms with Crippen LogP contribution >= 0.6 is 0 Å². The van der Waals surface area contributed by atoms with E-state index in [4.69, 9.17) is 8.85 Å². The van der Waals surface area contributed by atoms with Crippen LogP contribution < -0.4 is 0 Å².